The topological polar surface area (TPSA) is 84.9 Å². The van der Waals surface area contributed by atoms with Crippen molar-refractivity contribution >= 4 is 21.6 Å². The van der Waals surface area contributed by atoms with Gasteiger partial charge in [-0.2, -0.15) is 0 Å². The molecule has 0 saturated heterocycles. The number of rotatable bonds is 11. The number of carbonyl (C=O) groups excluding carboxylic acids is 1. The Morgan fingerprint density at radius 2 is 1.79 bits per heavy atom. The van der Waals surface area contributed by atoms with Crippen LogP contribution in [0.5, 0.6) is 11.5 Å². The van der Waals surface area contributed by atoms with E-state index in [2.05, 4.69) is 5.32 Å². The largest absolute Gasteiger partial charge is 0.497 e. The van der Waals surface area contributed by atoms with E-state index >= 15 is 0 Å². The third-order valence-electron chi connectivity index (χ3n) is 4.27. The molecule has 0 spiro atoms. The van der Waals surface area contributed by atoms with Gasteiger partial charge >= 0.3 is 0 Å². The maximum Gasteiger partial charge on any atom is 0.232 e. The van der Waals surface area contributed by atoms with Gasteiger partial charge in [-0.15, -0.1) is 0 Å². The van der Waals surface area contributed by atoms with Crippen LogP contribution in [0.4, 0.5) is 5.69 Å². The lowest BCUT2D eigenvalue weighted by Crippen LogP contribution is -2.32. The number of sulfonamides is 1. The molecular formula is C21H28N2O5S. The number of hydrogen-bond acceptors (Lipinski definition) is 5. The first-order valence-corrected chi connectivity index (χ1v) is 11.3. The SMILES string of the molecule is CCOc1ccccc1CNC(=O)CCCN(c1ccc(OC)cc1)S(C)(=O)=O. The molecule has 2 aromatic carbocycles. The van der Waals surface area contributed by atoms with Gasteiger partial charge < -0.3 is 14.8 Å². The second-order valence-corrected chi connectivity index (χ2v) is 8.36. The Balaban J connectivity index is 1.89. The van der Waals surface area contributed by atoms with Crippen molar-refractivity contribution in [1.29, 1.82) is 0 Å². The number of carbonyl (C=O) groups is 1. The van der Waals surface area contributed by atoms with Crippen molar-refractivity contribution in [1.82, 2.24) is 5.32 Å². The molecule has 0 aliphatic rings. The molecule has 0 aliphatic carbocycles. The number of para-hydroxylation sites is 1. The fraction of sp³-hybridized carbons (Fsp3) is 0.381. The Kier molecular flexibility index (Phi) is 8.33. The fourth-order valence-corrected chi connectivity index (χ4v) is 3.81. The van der Waals surface area contributed by atoms with E-state index in [0.717, 1.165) is 17.6 Å². The van der Waals surface area contributed by atoms with Crippen LogP contribution in [0, 0.1) is 0 Å². The van der Waals surface area contributed by atoms with Gasteiger partial charge in [0.2, 0.25) is 15.9 Å². The number of ether oxygens (including phenoxy) is 2. The minimum Gasteiger partial charge on any atom is -0.497 e. The first-order chi connectivity index (χ1) is 13.8. The second-order valence-electron chi connectivity index (χ2n) is 6.45. The summed E-state index contributed by atoms with van der Waals surface area (Å²) >= 11 is 0. The lowest BCUT2D eigenvalue weighted by Gasteiger charge is -2.22. The van der Waals surface area contributed by atoms with Crippen LogP contribution in [0.25, 0.3) is 0 Å². The van der Waals surface area contributed by atoms with Crippen LogP contribution in [-0.4, -0.2) is 40.8 Å². The molecule has 0 bridgehead atoms. The number of amides is 1. The summed E-state index contributed by atoms with van der Waals surface area (Å²) in [6.45, 7) is 3.04. The first-order valence-electron chi connectivity index (χ1n) is 9.44. The van der Waals surface area contributed by atoms with E-state index in [4.69, 9.17) is 9.47 Å². The molecule has 0 atom stereocenters. The van der Waals surface area contributed by atoms with Gasteiger partial charge in [-0.3, -0.25) is 9.10 Å². The molecule has 2 aromatic rings. The zero-order chi connectivity index (χ0) is 21.3. The van der Waals surface area contributed by atoms with E-state index in [-0.39, 0.29) is 18.9 Å². The number of methoxy groups -OCH3 is 1. The number of nitrogens with one attached hydrogen (secondary N) is 1. The number of anilines is 1. The van der Waals surface area contributed by atoms with E-state index < -0.39 is 10.0 Å². The molecule has 0 aromatic heterocycles. The van der Waals surface area contributed by atoms with Gasteiger partial charge in [0.1, 0.15) is 11.5 Å². The molecule has 0 fully saturated rings. The molecular weight excluding hydrogens is 392 g/mol. The minimum atomic E-state index is -3.46. The van der Waals surface area contributed by atoms with Gasteiger partial charge in [-0.05, 0) is 43.7 Å². The lowest BCUT2D eigenvalue weighted by molar-refractivity contribution is -0.121. The summed E-state index contributed by atoms with van der Waals surface area (Å²) in [6.07, 6.45) is 1.78. The van der Waals surface area contributed by atoms with Gasteiger partial charge in [-0.25, -0.2) is 8.42 Å². The van der Waals surface area contributed by atoms with E-state index in [0.29, 0.717) is 31.0 Å². The molecule has 0 heterocycles. The molecule has 29 heavy (non-hydrogen) atoms. The Bertz CT molecular complexity index is 898. The van der Waals surface area contributed by atoms with Crippen molar-refractivity contribution in [3.05, 3.63) is 54.1 Å². The molecule has 1 N–H and O–H groups in total. The predicted octanol–water partition coefficient (Wildman–Crippen LogP) is 2.96. The monoisotopic (exact) mass is 420 g/mol. The number of benzene rings is 2. The van der Waals surface area contributed by atoms with Gasteiger partial charge in [-0.1, -0.05) is 18.2 Å². The van der Waals surface area contributed by atoms with Crippen LogP contribution in [0.15, 0.2) is 48.5 Å². The highest BCUT2D eigenvalue weighted by molar-refractivity contribution is 7.92. The third-order valence-corrected chi connectivity index (χ3v) is 5.47. The van der Waals surface area contributed by atoms with Crippen LogP contribution in [-0.2, 0) is 21.4 Å². The zero-order valence-electron chi connectivity index (χ0n) is 17.1. The highest BCUT2D eigenvalue weighted by Gasteiger charge is 2.17. The summed E-state index contributed by atoms with van der Waals surface area (Å²) in [5.41, 5.74) is 1.44. The molecule has 1 amide bonds. The standard InChI is InChI=1S/C21H28N2O5S/c1-4-28-20-9-6-5-8-17(20)16-22-21(24)10-7-15-23(29(3,25)26)18-11-13-19(27-2)14-12-18/h5-6,8-9,11-14H,4,7,10,15-16H2,1-3H3,(H,22,24). The minimum absolute atomic E-state index is 0.139. The number of hydrogen-bond donors (Lipinski definition) is 1. The molecule has 0 radical (unpaired) electrons. The smallest absolute Gasteiger partial charge is 0.232 e. The van der Waals surface area contributed by atoms with Crippen LogP contribution in [0.1, 0.15) is 25.3 Å². The Morgan fingerprint density at radius 1 is 1.10 bits per heavy atom. The van der Waals surface area contributed by atoms with E-state index in [1.165, 1.54) is 4.31 Å². The van der Waals surface area contributed by atoms with Crippen molar-refractivity contribution in [2.45, 2.75) is 26.3 Å². The summed E-state index contributed by atoms with van der Waals surface area (Å²) in [5.74, 6) is 1.26. The van der Waals surface area contributed by atoms with Crippen molar-refractivity contribution in [3.63, 3.8) is 0 Å². The average Bonchev–Trinajstić information content (AvgIpc) is 2.70. The molecule has 0 aliphatic heterocycles. The predicted molar refractivity (Wildman–Crippen MR) is 114 cm³/mol. The van der Waals surface area contributed by atoms with Crippen LogP contribution in [0.2, 0.25) is 0 Å². The molecule has 7 nitrogen and oxygen atoms in total. The van der Waals surface area contributed by atoms with Crippen molar-refractivity contribution in [2.24, 2.45) is 0 Å². The number of nitrogens with zero attached hydrogens (tertiary/aromatic N) is 1. The van der Waals surface area contributed by atoms with Crippen molar-refractivity contribution in [3.8, 4) is 11.5 Å². The fourth-order valence-electron chi connectivity index (χ4n) is 2.85. The summed E-state index contributed by atoms with van der Waals surface area (Å²) < 4.78 is 36.3. The van der Waals surface area contributed by atoms with Gasteiger partial charge in [0, 0.05) is 25.1 Å². The quantitative estimate of drug-likeness (QED) is 0.604. The van der Waals surface area contributed by atoms with Crippen molar-refractivity contribution < 1.29 is 22.7 Å². The van der Waals surface area contributed by atoms with Crippen LogP contribution >= 0.6 is 0 Å². The highest BCUT2D eigenvalue weighted by Crippen LogP contribution is 2.22. The molecule has 8 heteroatoms. The van der Waals surface area contributed by atoms with Gasteiger partial charge in [0.05, 0.1) is 25.7 Å². The maximum absolute atomic E-state index is 12.2. The Labute approximate surface area is 172 Å². The van der Waals surface area contributed by atoms with E-state index in [1.54, 1.807) is 31.4 Å². The maximum atomic E-state index is 12.2. The molecule has 158 valence electrons. The molecule has 0 unspecified atom stereocenters. The van der Waals surface area contributed by atoms with E-state index in [9.17, 15) is 13.2 Å². The summed E-state index contributed by atoms with van der Waals surface area (Å²) in [5, 5.41) is 2.86. The summed E-state index contributed by atoms with van der Waals surface area (Å²) in [4.78, 5) is 12.2. The lowest BCUT2D eigenvalue weighted by atomic mass is 10.2. The molecule has 2 rings (SSSR count). The van der Waals surface area contributed by atoms with Crippen LogP contribution < -0.4 is 19.1 Å². The van der Waals surface area contributed by atoms with Gasteiger partial charge in [0.15, 0.2) is 0 Å². The first kappa shape index (κ1) is 22.5. The Hall–Kier alpha value is -2.74. The van der Waals surface area contributed by atoms with Gasteiger partial charge in [0.25, 0.3) is 0 Å². The van der Waals surface area contributed by atoms with Crippen molar-refractivity contribution in [2.75, 3.05) is 30.8 Å². The second kappa shape index (κ2) is 10.7. The van der Waals surface area contributed by atoms with Crippen LogP contribution in [0.3, 0.4) is 0 Å². The summed E-state index contributed by atoms with van der Waals surface area (Å²) in [6, 6.07) is 14.3. The zero-order valence-corrected chi connectivity index (χ0v) is 17.9. The highest BCUT2D eigenvalue weighted by atomic mass is 32.2. The normalized spacial score (nSPS) is 11.0. The van der Waals surface area contributed by atoms with E-state index in [1.807, 2.05) is 31.2 Å². The third kappa shape index (κ3) is 6.98. The Morgan fingerprint density at radius 3 is 2.41 bits per heavy atom. The summed E-state index contributed by atoms with van der Waals surface area (Å²) in [7, 11) is -1.91. The average molecular weight is 421 g/mol. The molecule has 0 saturated carbocycles.